The highest BCUT2D eigenvalue weighted by Gasteiger charge is 2.26. The summed E-state index contributed by atoms with van der Waals surface area (Å²) < 4.78 is 36.4. The van der Waals surface area contributed by atoms with Gasteiger partial charge in [0.2, 0.25) is 0 Å². The van der Waals surface area contributed by atoms with Gasteiger partial charge in [0.1, 0.15) is 5.17 Å². The van der Waals surface area contributed by atoms with Crippen molar-refractivity contribution >= 4 is 40.1 Å². The van der Waals surface area contributed by atoms with Crippen LogP contribution in [0, 0.1) is 0 Å². The summed E-state index contributed by atoms with van der Waals surface area (Å²) in [4.78, 5) is 18.4. The molecule has 2 aromatic rings. The fourth-order valence-electron chi connectivity index (χ4n) is 2.44. The highest BCUT2D eigenvalue weighted by atomic mass is 35.5. The number of alkyl halides is 3. The SMILES string of the molecule is O=C(NCCCC(F)(F)F)c1ccc2c(c1)N=C(Cl)c1ccccc1S2. The van der Waals surface area contributed by atoms with Gasteiger partial charge in [-0.3, -0.25) is 4.79 Å². The second-order valence-electron chi connectivity index (χ2n) is 5.66. The van der Waals surface area contributed by atoms with Crippen LogP contribution in [0.15, 0.2) is 57.2 Å². The molecule has 0 radical (unpaired) electrons. The molecule has 0 saturated heterocycles. The number of amides is 1. The van der Waals surface area contributed by atoms with Gasteiger partial charge >= 0.3 is 6.18 Å². The molecule has 1 aliphatic heterocycles. The number of aliphatic imine (C=N–C) groups is 1. The second-order valence-corrected chi connectivity index (χ2v) is 7.10. The van der Waals surface area contributed by atoms with Crippen molar-refractivity contribution in [2.45, 2.75) is 28.8 Å². The number of halogens is 4. The summed E-state index contributed by atoms with van der Waals surface area (Å²) >= 11 is 7.78. The molecule has 3 nitrogen and oxygen atoms in total. The normalized spacial score (nSPS) is 13.3. The minimum Gasteiger partial charge on any atom is -0.352 e. The Labute approximate surface area is 157 Å². The maximum atomic E-state index is 12.2. The van der Waals surface area contributed by atoms with Crippen molar-refractivity contribution in [1.82, 2.24) is 5.32 Å². The van der Waals surface area contributed by atoms with Crippen molar-refractivity contribution in [3.63, 3.8) is 0 Å². The molecule has 136 valence electrons. The quantitative estimate of drug-likeness (QED) is 0.687. The highest BCUT2D eigenvalue weighted by molar-refractivity contribution is 7.99. The van der Waals surface area contributed by atoms with Gasteiger partial charge in [0.15, 0.2) is 0 Å². The fraction of sp³-hybridized carbons (Fsp3) is 0.222. The molecule has 0 bridgehead atoms. The zero-order chi connectivity index (χ0) is 18.7. The zero-order valence-corrected chi connectivity index (χ0v) is 15.0. The van der Waals surface area contributed by atoms with E-state index in [1.165, 1.54) is 11.8 Å². The molecule has 0 unspecified atom stereocenters. The molecule has 0 aliphatic carbocycles. The number of hydrogen-bond donors (Lipinski definition) is 1. The van der Waals surface area contributed by atoms with Crippen LogP contribution in [0.3, 0.4) is 0 Å². The van der Waals surface area contributed by atoms with E-state index in [9.17, 15) is 18.0 Å². The minimum absolute atomic E-state index is 0.0420. The first kappa shape index (κ1) is 18.8. The summed E-state index contributed by atoms with van der Waals surface area (Å²) in [5, 5.41) is 2.82. The van der Waals surface area contributed by atoms with E-state index in [0.717, 1.165) is 15.4 Å². The van der Waals surface area contributed by atoms with Gasteiger partial charge in [-0.2, -0.15) is 13.2 Å². The molecular formula is C18H14ClF3N2OS. The van der Waals surface area contributed by atoms with Gasteiger partial charge in [0, 0.05) is 33.9 Å². The van der Waals surface area contributed by atoms with Crippen LogP contribution in [0.4, 0.5) is 18.9 Å². The molecule has 0 fully saturated rings. The number of hydrogen-bond acceptors (Lipinski definition) is 3. The Morgan fingerprint density at radius 1 is 1.15 bits per heavy atom. The molecule has 0 spiro atoms. The maximum absolute atomic E-state index is 12.2. The third kappa shape index (κ3) is 4.59. The van der Waals surface area contributed by atoms with Crippen molar-refractivity contribution in [3.8, 4) is 0 Å². The van der Waals surface area contributed by atoms with Gasteiger partial charge in [-0.25, -0.2) is 4.99 Å². The molecular weight excluding hydrogens is 385 g/mol. The average Bonchev–Trinajstić information content (AvgIpc) is 2.73. The van der Waals surface area contributed by atoms with Crippen molar-refractivity contribution in [3.05, 3.63) is 53.6 Å². The Bertz CT molecular complexity index is 868. The highest BCUT2D eigenvalue weighted by Crippen LogP contribution is 2.41. The molecule has 8 heteroatoms. The molecule has 1 heterocycles. The van der Waals surface area contributed by atoms with E-state index in [0.29, 0.717) is 16.4 Å². The summed E-state index contributed by atoms with van der Waals surface area (Å²) in [5.41, 5.74) is 1.70. The molecule has 1 aliphatic rings. The molecule has 3 rings (SSSR count). The Morgan fingerprint density at radius 3 is 2.69 bits per heavy atom. The van der Waals surface area contributed by atoms with Gasteiger partial charge in [0.05, 0.1) is 5.69 Å². The van der Waals surface area contributed by atoms with Crippen LogP contribution in [-0.2, 0) is 0 Å². The molecule has 2 aromatic carbocycles. The van der Waals surface area contributed by atoms with E-state index < -0.39 is 18.5 Å². The van der Waals surface area contributed by atoms with Crippen LogP contribution in [0.25, 0.3) is 0 Å². The fourth-order valence-corrected chi connectivity index (χ4v) is 3.75. The van der Waals surface area contributed by atoms with Gasteiger partial charge in [-0.15, -0.1) is 0 Å². The predicted molar refractivity (Wildman–Crippen MR) is 96.7 cm³/mol. The third-order valence-corrected chi connectivity index (χ3v) is 5.12. The maximum Gasteiger partial charge on any atom is 0.389 e. The first-order valence-corrected chi connectivity index (χ1v) is 9.03. The lowest BCUT2D eigenvalue weighted by atomic mass is 10.2. The largest absolute Gasteiger partial charge is 0.389 e. The first-order valence-electron chi connectivity index (χ1n) is 7.84. The Hall–Kier alpha value is -1.99. The van der Waals surface area contributed by atoms with Crippen LogP contribution < -0.4 is 5.32 Å². The lowest BCUT2D eigenvalue weighted by Gasteiger charge is -2.09. The lowest BCUT2D eigenvalue weighted by molar-refractivity contribution is -0.135. The van der Waals surface area contributed by atoms with Crippen molar-refractivity contribution in [2.75, 3.05) is 6.54 Å². The average molecular weight is 399 g/mol. The van der Waals surface area contributed by atoms with Gasteiger partial charge in [0.25, 0.3) is 5.91 Å². The summed E-state index contributed by atoms with van der Waals surface area (Å²) in [6.45, 7) is -0.0420. The monoisotopic (exact) mass is 398 g/mol. The number of carbonyl (C=O) groups is 1. The first-order chi connectivity index (χ1) is 12.3. The minimum atomic E-state index is -4.22. The smallest absolute Gasteiger partial charge is 0.352 e. The van der Waals surface area contributed by atoms with Crippen LogP contribution in [-0.4, -0.2) is 23.8 Å². The van der Waals surface area contributed by atoms with Gasteiger partial charge in [-0.1, -0.05) is 41.6 Å². The van der Waals surface area contributed by atoms with E-state index in [-0.39, 0.29) is 13.0 Å². The van der Waals surface area contributed by atoms with E-state index in [4.69, 9.17) is 11.6 Å². The molecule has 26 heavy (non-hydrogen) atoms. The topological polar surface area (TPSA) is 41.5 Å². The second kappa shape index (κ2) is 7.72. The summed E-state index contributed by atoms with van der Waals surface area (Å²) in [7, 11) is 0. The Morgan fingerprint density at radius 2 is 1.92 bits per heavy atom. The van der Waals surface area contributed by atoms with Crippen LogP contribution in [0.2, 0.25) is 0 Å². The van der Waals surface area contributed by atoms with E-state index in [1.807, 2.05) is 24.3 Å². The Kier molecular flexibility index (Phi) is 5.58. The number of nitrogens with one attached hydrogen (secondary N) is 1. The summed E-state index contributed by atoms with van der Waals surface area (Å²) in [5.74, 6) is -0.437. The van der Waals surface area contributed by atoms with Crippen LogP contribution in [0.1, 0.15) is 28.8 Å². The number of benzene rings is 2. The summed E-state index contributed by atoms with van der Waals surface area (Å²) in [6.07, 6.45) is -5.30. The molecule has 0 saturated carbocycles. The predicted octanol–water partition coefficient (Wildman–Crippen LogP) is 5.54. The van der Waals surface area contributed by atoms with Crippen molar-refractivity contribution in [1.29, 1.82) is 0 Å². The molecule has 0 atom stereocenters. The number of nitrogens with zero attached hydrogens (tertiary/aromatic N) is 1. The van der Waals surface area contributed by atoms with E-state index >= 15 is 0 Å². The van der Waals surface area contributed by atoms with Crippen molar-refractivity contribution < 1.29 is 18.0 Å². The summed E-state index contributed by atoms with van der Waals surface area (Å²) in [6, 6.07) is 12.6. The number of carbonyl (C=O) groups excluding carboxylic acids is 1. The van der Waals surface area contributed by atoms with Gasteiger partial charge < -0.3 is 5.32 Å². The van der Waals surface area contributed by atoms with Gasteiger partial charge in [-0.05, 0) is 30.7 Å². The molecule has 1 amide bonds. The molecule has 1 N–H and O–H groups in total. The number of rotatable bonds is 4. The van der Waals surface area contributed by atoms with Crippen LogP contribution in [0.5, 0.6) is 0 Å². The Balaban J connectivity index is 1.74. The zero-order valence-electron chi connectivity index (χ0n) is 13.4. The standard InChI is InChI=1S/C18H14ClF3N2OS/c19-16-12-4-1-2-5-14(12)26-15-7-6-11(10-13(15)24-16)17(25)23-9-3-8-18(20,21)22/h1-2,4-7,10H,3,8-9H2,(H,23,25). The van der Waals surface area contributed by atoms with Crippen molar-refractivity contribution in [2.24, 2.45) is 4.99 Å². The third-order valence-electron chi connectivity index (χ3n) is 3.69. The van der Waals surface area contributed by atoms with Crippen LogP contribution >= 0.6 is 23.4 Å². The van der Waals surface area contributed by atoms with E-state index in [2.05, 4.69) is 10.3 Å². The number of fused-ring (bicyclic) bond motifs is 2. The lowest BCUT2D eigenvalue weighted by Crippen LogP contribution is -2.25. The molecule has 0 aromatic heterocycles. The van der Waals surface area contributed by atoms with E-state index in [1.54, 1.807) is 18.2 Å².